The van der Waals surface area contributed by atoms with Crippen LogP contribution in [0.3, 0.4) is 0 Å². The van der Waals surface area contributed by atoms with Crippen LogP contribution in [-0.2, 0) is 9.31 Å². The fourth-order valence-corrected chi connectivity index (χ4v) is 4.00. The average molecular weight is 402 g/mol. The zero-order valence-electron chi connectivity index (χ0n) is 16.2. The summed E-state index contributed by atoms with van der Waals surface area (Å²) in [5.74, 6) is 0. The zero-order chi connectivity index (χ0) is 18.6. The van der Waals surface area contributed by atoms with Gasteiger partial charge in [-0.1, -0.05) is 50.8 Å². The van der Waals surface area contributed by atoms with Crippen molar-refractivity contribution in [3.8, 4) is 0 Å². The summed E-state index contributed by atoms with van der Waals surface area (Å²) in [4.78, 5) is 0. The highest BCUT2D eigenvalue weighted by atomic mass is 79.9. The molecule has 0 aliphatic carbocycles. The highest BCUT2D eigenvalue weighted by Crippen LogP contribution is 2.38. The van der Waals surface area contributed by atoms with Crippen molar-refractivity contribution in [2.45, 2.75) is 59.7 Å². The van der Waals surface area contributed by atoms with Gasteiger partial charge in [-0.3, -0.25) is 0 Å². The molecule has 0 radical (unpaired) electrons. The van der Waals surface area contributed by atoms with Crippen molar-refractivity contribution < 1.29 is 9.31 Å². The van der Waals surface area contributed by atoms with Crippen molar-refractivity contribution in [1.82, 2.24) is 5.23 Å². The molecule has 1 fully saturated rings. The number of benzene rings is 1. The molecule has 2 heterocycles. The molecule has 2 aliphatic rings. The Bertz CT molecular complexity index is 732. The van der Waals surface area contributed by atoms with Crippen molar-refractivity contribution >= 4 is 35.4 Å². The van der Waals surface area contributed by atoms with E-state index in [0.717, 1.165) is 9.98 Å². The molecule has 132 valence electrons. The van der Waals surface area contributed by atoms with Gasteiger partial charge in [-0.2, -0.15) is 0 Å². The predicted molar refractivity (Wildman–Crippen MR) is 110 cm³/mol. The molecular formula is C19H26B2BrNO2. The predicted octanol–water partition coefficient (Wildman–Crippen LogP) is 3.75. The Morgan fingerprint density at radius 1 is 0.920 bits per heavy atom. The van der Waals surface area contributed by atoms with E-state index in [1.165, 1.54) is 22.2 Å². The lowest BCUT2D eigenvalue weighted by Gasteiger charge is -2.32. The lowest BCUT2D eigenvalue weighted by Crippen LogP contribution is -2.51. The number of aryl methyl sites for hydroxylation is 3. The SMILES string of the molecule is Cc1cc(C)c(B2NC(B3OC(C)(C)C(C)(C)O3)=CC=C2Br)c(C)c1. The van der Waals surface area contributed by atoms with Crippen molar-refractivity contribution in [2.75, 3.05) is 0 Å². The number of rotatable bonds is 2. The normalized spacial score (nSPS) is 21.8. The van der Waals surface area contributed by atoms with Crippen LogP contribution in [0.25, 0.3) is 0 Å². The summed E-state index contributed by atoms with van der Waals surface area (Å²) >= 11 is 3.73. The van der Waals surface area contributed by atoms with E-state index in [0.29, 0.717) is 0 Å². The van der Waals surface area contributed by atoms with E-state index in [1.807, 2.05) is 6.08 Å². The maximum absolute atomic E-state index is 6.20. The Morgan fingerprint density at radius 2 is 1.44 bits per heavy atom. The van der Waals surface area contributed by atoms with Crippen LogP contribution >= 0.6 is 15.9 Å². The monoisotopic (exact) mass is 401 g/mol. The van der Waals surface area contributed by atoms with Crippen LogP contribution in [0.5, 0.6) is 0 Å². The van der Waals surface area contributed by atoms with Gasteiger partial charge in [-0.25, -0.2) is 0 Å². The summed E-state index contributed by atoms with van der Waals surface area (Å²) in [5, 5.41) is 3.63. The molecule has 2 aliphatic heterocycles. The minimum Gasteiger partial charge on any atom is -0.426 e. The molecule has 0 spiro atoms. The van der Waals surface area contributed by atoms with Gasteiger partial charge >= 0.3 is 14.0 Å². The highest BCUT2D eigenvalue weighted by molar-refractivity contribution is 9.12. The maximum atomic E-state index is 6.20. The average Bonchev–Trinajstić information content (AvgIpc) is 2.68. The first kappa shape index (κ1) is 18.8. The van der Waals surface area contributed by atoms with Gasteiger partial charge in [0, 0.05) is 5.60 Å². The van der Waals surface area contributed by atoms with Crippen LogP contribution < -0.4 is 10.7 Å². The van der Waals surface area contributed by atoms with Crippen LogP contribution in [0, 0.1) is 20.8 Å². The number of hydrogen-bond acceptors (Lipinski definition) is 3. The molecular weight excluding hydrogens is 376 g/mol. The van der Waals surface area contributed by atoms with Crippen molar-refractivity contribution in [3.05, 3.63) is 51.0 Å². The van der Waals surface area contributed by atoms with E-state index in [-0.39, 0.29) is 25.2 Å². The topological polar surface area (TPSA) is 30.5 Å². The first-order chi connectivity index (χ1) is 11.5. The molecule has 1 aromatic carbocycles. The zero-order valence-corrected chi connectivity index (χ0v) is 17.7. The van der Waals surface area contributed by atoms with E-state index in [1.54, 1.807) is 0 Å². The molecule has 3 rings (SSSR count). The first-order valence-electron chi connectivity index (χ1n) is 8.79. The standard InChI is InChI=1S/C19H26B2BrNO2/c1-12-10-13(2)17(14(3)11-12)20-15(22)8-9-16(23-20)21-24-18(4,5)19(6,7)25-21/h8-11,23H,1-7H3. The van der Waals surface area contributed by atoms with E-state index in [4.69, 9.17) is 9.31 Å². The van der Waals surface area contributed by atoms with Crippen molar-refractivity contribution in [3.63, 3.8) is 0 Å². The molecule has 0 saturated carbocycles. The van der Waals surface area contributed by atoms with Gasteiger partial charge in [0.05, 0.1) is 11.2 Å². The third-order valence-corrected chi connectivity index (χ3v) is 6.26. The second-order valence-electron chi connectivity index (χ2n) is 8.15. The molecule has 1 saturated heterocycles. The van der Waals surface area contributed by atoms with Gasteiger partial charge in [0.15, 0.2) is 0 Å². The number of halogens is 1. The highest BCUT2D eigenvalue weighted by Gasteiger charge is 2.53. The minimum absolute atomic E-state index is 0.0691. The van der Waals surface area contributed by atoms with Gasteiger partial charge in [0.25, 0.3) is 0 Å². The molecule has 1 aromatic rings. The van der Waals surface area contributed by atoms with Crippen LogP contribution in [-0.4, -0.2) is 25.2 Å². The van der Waals surface area contributed by atoms with Gasteiger partial charge in [0.2, 0.25) is 0 Å². The van der Waals surface area contributed by atoms with Gasteiger partial charge in [0.1, 0.15) is 0 Å². The smallest absolute Gasteiger partial charge is 0.426 e. The summed E-state index contributed by atoms with van der Waals surface area (Å²) in [6.07, 6.45) is 4.14. The Kier molecular flexibility index (Phi) is 4.76. The lowest BCUT2D eigenvalue weighted by molar-refractivity contribution is 0.00578. The quantitative estimate of drug-likeness (QED) is 0.765. The minimum atomic E-state index is -0.379. The summed E-state index contributed by atoms with van der Waals surface area (Å²) in [6.45, 7) is 14.9. The molecule has 25 heavy (non-hydrogen) atoms. The van der Waals surface area contributed by atoms with Gasteiger partial charge in [-0.15, -0.1) is 0 Å². The molecule has 6 heteroatoms. The van der Waals surface area contributed by atoms with Crippen LogP contribution in [0.15, 0.2) is 34.3 Å². The number of hydrogen-bond donors (Lipinski definition) is 1. The first-order valence-corrected chi connectivity index (χ1v) is 9.58. The number of nitrogens with one attached hydrogen (secondary N) is 1. The van der Waals surface area contributed by atoms with E-state index >= 15 is 0 Å². The molecule has 3 nitrogen and oxygen atoms in total. The molecule has 1 N–H and O–H groups in total. The molecule has 0 bridgehead atoms. The van der Waals surface area contributed by atoms with E-state index < -0.39 is 0 Å². The fourth-order valence-electron chi connectivity index (χ4n) is 3.52. The fraction of sp³-hybridized carbons (Fsp3) is 0.474. The summed E-state index contributed by atoms with van der Waals surface area (Å²) in [5.41, 5.74) is 5.44. The largest absolute Gasteiger partial charge is 0.510 e. The second kappa shape index (κ2) is 6.33. The molecule has 0 unspecified atom stereocenters. The molecule has 0 amide bonds. The maximum Gasteiger partial charge on any atom is 0.510 e. The van der Waals surface area contributed by atoms with Crippen LogP contribution in [0.2, 0.25) is 0 Å². The summed E-state index contributed by atoms with van der Waals surface area (Å²) < 4.78 is 13.5. The van der Waals surface area contributed by atoms with Gasteiger partial charge < -0.3 is 14.5 Å². The van der Waals surface area contributed by atoms with E-state index in [9.17, 15) is 0 Å². The second-order valence-corrected chi connectivity index (χ2v) is 9.07. The Labute approximate surface area is 160 Å². The summed E-state index contributed by atoms with van der Waals surface area (Å²) in [7, 11) is -0.379. The third kappa shape index (κ3) is 3.36. The Morgan fingerprint density at radius 3 is 1.96 bits per heavy atom. The van der Waals surface area contributed by atoms with Crippen LogP contribution in [0.1, 0.15) is 44.4 Å². The lowest BCUT2D eigenvalue weighted by atomic mass is 9.51. The number of allylic oxidation sites excluding steroid dienone is 2. The van der Waals surface area contributed by atoms with Crippen molar-refractivity contribution in [1.29, 1.82) is 0 Å². The molecule has 0 aromatic heterocycles. The van der Waals surface area contributed by atoms with Crippen molar-refractivity contribution in [2.24, 2.45) is 0 Å². The Hall–Kier alpha value is -0.970. The van der Waals surface area contributed by atoms with E-state index in [2.05, 4.69) is 87.8 Å². The third-order valence-electron chi connectivity index (χ3n) is 5.54. The van der Waals surface area contributed by atoms with Crippen LogP contribution in [0.4, 0.5) is 0 Å². The van der Waals surface area contributed by atoms with Gasteiger partial charge in [-0.05, 0) is 64.4 Å². The summed E-state index contributed by atoms with van der Waals surface area (Å²) in [6, 6.07) is 4.47. The Balaban J connectivity index is 1.91. The molecule has 0 atom stereocenters.